The number of carbonyl (C=O) groups excluding carboxylic acids is 1. The summed E-state index contributed by atoms with van der Waals surface area (Å²) in [7, 11) is 0. The Balaban J connectivity index is 4.27. The van der Waals surface area contributed by atoms with Crippen LogP contribution in [0.3, 0.4) is 0 Å². The van der Waals surface area contributed by atoms with E-state index < -0.39 is 5.41 Å². The summed E-state index contributed by atoms with van der Waals surface area (Å²) in [4.78, 5) is 10.5. The molecule has 0 aromatic carbocycles. The molecule has 0 aliphatic heterocycles. The molecule has 0 N–H and O–H groups in total. The second-order valence-electron chi connectivity index (χ2n) is 4.28. The van der Waals surface area contributed by atoms with E-state index >= 15 is 0 Å². The molecule has 0 radical (unpaired) electrons. The van der Waals surface area contributed by atoms with Crippen molar-refractivity contribution >= 4 is 6.29 Å². The van der Waals surface area contributed by atoms with Crippen LogP contribution in [0, 0.1) is 22.2 Å². The van der Waals surface area contributed by atoms with E-state index in [4.69, 9.17) is 5.26 Å². The van der Waals surface area contributed by atoms with E-state index in [9.17, 15) is 4.79 Å². The Hall–Kier alpha value is -0.840. The summed E-state index contributed by atoms with van der Waals surface area (Å²) in [6.45, 7) is 7.38. The fraction of sp³-hybridized carbons (Fsp3) is 0.778. The Morgan fingerprint density at radius 2 is 1.82 bits per heavy atom. The second-order valence-corrected chi connectivity index (χ2v) is 4.28. The van der Waals surface area contributed by atoms with Crippen LogP contribution >= 0.6 is 0 Å². The molecule has 0 spiro atoms. The third kappa shape index (κ3) is 3.77. The fourth-order valence-corrected chi connectivity index (χ4v) is 1.22. The van der Waals surface area contributed by atoms with Gasteiger partial charge in [0.25, 0.3) is 0 Å². The van der Waals surface area contributed by atoms with E-state index in [2.05, 4.69) is 6.07 Å². The lowest BCUT2D eigenvalue weighted by atomic mass is 9.77. The van der Waals surface area contributed by atoms with Gasteiger partial charge in [0.05, 0.1) is 11.5 Å². The highest BCUT2D eigenvalue weighted by molar-refractivity contribution is 5.58. The summed E-state index contributed by atoms with van der Waals surface area (Å²) in [6, 6.07) is 2.17. The van der Waals surface area contributed by atoms with Crippen LogP contribution < -0.4 is 0 Å². The van der Waals surface area contributed by atoms with Crippen LogP contribution in [0.15, 0.2) is 0 Å². The van der Waals surface area contributed by atoms with Crippen molar-refractivity contribution < 1.29 is 4.79 Å². The molecule has 0 bridgehead atoms. The lowest BCUT2D eigenvalue weighted by Crippen LogP contribution is -2.22. The molecule has 0 saturated carbocycles. The lowest BCUT2D eigenvalue weighted by Gasteiger charge is -2.24. The summed E-state index contributed by atoms with van der Waals surface area (Å²) in [5, 5.41) is 8.69. The van der Waals surface area contributed by atoms with Gasteiger partial charge in [-0.05, 0) is 20.3 Å². The second kappa shape index (κ2) is 3.04. The van der Waals surface area contributed by atoms with E-state index in [1.807, 2.05) is 27.7 Å². The summed E-state index contributed by atoms with van der Waals surface area (Å²) in [6.07, 6.45) is 1.52. The molecular weight excluding hydrogens is 138 g/mol. The molecule has 0 heterocycles. The van der Waals surface area contributed by atoms with Crippen molar-refractivity contribution in [2.24, 2.45) is 10.8 Å². The van der Waals surface area contributed by atoms with Gasteiger partial charge in [0.2, 0.25) is 0 Å². The summed E-state index contributed by atoms with van der Waals surface area (Å²) in [5.41, 5.74) is -0.774. The molecule has 0 aliphatic carbocycles. The molecule has 62 valence electrons. The van der Waals surface area contributed by atoms with E-state index in [1.165, 1.54) is 0 Å². The molecule has 0 amide bonds. The molecule has 0 aromatic heterocycles. The summed E-state index contributed by atoms with van der Waals surface area (Å²) >= 11 is 0. The largest absolute Gasteiger partial charge is 0.303 e. The zero-order valence-electron chi connectivity index (χ0n) is 7.64. The minimum Gasteiger partial charge on any atom is -0.303 e. The third-order valence-electron chi connectivity index (χ3n) is 1.52. The van der Waals surface area contributed by atoms with Gasteiger partial charge in [-0.1, -0.05) is 13.8 Å². The van der Waals surface area contributed by atoms with Crippen molar-refractivity contribution in [2.45, 2.75) is 34.1 Å². The van der Waals surface area contributed by atoms with Crippen molar-refractivity contribution in [1.29, 1.82) is 5.26 Å². The molecule has 0 fully saturated rings. The molecule has 0 atom stereocenters. The highest BCUT2D eigenvalue weighted by Crippen LogP contribution is 2.30. The Labute approximate surface area is 68.2 Å². The van der Waals surface area contributed by atoms with Crippen LogP contribution in [-0.2, 0) is 4.79 Å². The van der Waals surface area contributed by atoms with Gasteiger partial charge >= 0.3 is 0 Å². The monoisotopic (exact) mass is 153 g/mol. The Morgan fingerprint density at radius 3 is 2.09 bits per heavy atom. The van der Waals surface area contributed by atoms with Gasteiger partial charge in [0, 0.05) is 5.41 Å². The number of hydrogen-bond acceptors (Lipinski definition) is 2. The van der Waals surface area contributed by atoms with E-state index in [1.54, 1.807) is 0 Å². The van der Waals surface area contributed by atoms with Crippen molar-refractivity contribution in [3.63, 3.8) is 0 Å². The summed E-state index contributed by atoms with van der Waals surface area (Å²) in [5.74, 6) is 0. The smallest absolute Gasteiger partial charge is 0.125 e. The number of carbonyl (C=O) groups is 1. The van der Waals surface area contributed by atoms with Gasteiger partial charge in [-0.3, -0.25) is 0 Å². The zero-order valence-corrected chi connectivity index (χ0v) is 7.64. The first-order valence-electron chi connectivity index (χ1n) is 3.71. The molecule has 2 nitrogen and oxygen atoms in total. The third-order valence-corrected chi connectivity index (χ3v) is 1.52. The predicted octanol–water partition coefficient (Wildman–Crippen LogP) is 2.15. The topological polar surface area (TPSA) is 40.9 Å². The number of hydrogen-bond donors (Lipinski definition) is 0. The van der Waals surface area contributed by atoms with Crippen LogP contribution in [0.1, 0.15) is 34.1 Å². The van der Waals surface area contributed by atoms with E-state index in [0.29, 0.717) is 6.42 Å². The number of nitriles is 1. The predicted molar refractivity (Wildman–Crippen MR) is 43.9 cm³/mol. The lowest BCUT2D eigenvalue weighted by molar-refractivity contribution is -0.115. The molecular formula is C9H15NO. The molecule has 0 aromatic rings. The molecule has 0 rings (SSSR count). The zero-order chi connectivity index (χ0) is 9.12. The molecule has 2 heteroatoms. The minimum absolute atomic E-state index is 0.376. The maximum atomic E-state index is 10.5. The van der Waals surface area contributed by atoms with E-state index in [0.717, 1.165) is 6.29 Å². The summed E-state index contributed by atoms with van der Waals surface area (Å²) < 4.78 is 0. The van der Waals surface area contributed by atoms with Crippen molar-refractivity contribution in [1.82, 2.24) is 0 Å². The molecule has 0 saturated heterocycles. The number of nitrogens with zero attached hydrogens (tertiary/aromatic N) is 1. The number of aldehydes is 1. The van der Waals surface area contributed by atoms with Gasteiger partial charge in [-0.15, -0.1) is 0 Å². The average molecular weight is 153 g/mol. The van der Waals surface area contributed by atoms with Crippen LogP contribution in [0.4, 0.5) is 0 Å². The molecule has 11 heavy (non-hydrogen) atoms. The van der Waals surface area contributed by atoms with Crippen LogP contribution in [-0.4, -0.2) is 6.29 Å². The highest BCUT2D eigenvalue weighted by atomic mass is 16.1. The van der Waals surface area contributed by atoms with Crippen LogP contribution in [0.25, 0.3) is 0 Å². The first-order valence-corrected chi connectivity index (χ1v) is 3.71. The Kier molecular flexibility index (Phi) is 2.81. The maximum Gasteiger partial charge on any atom is 0.125 e. The van der Waals surface area contributed by atoms with Gasteiger partial charge in [0.15, 0.2) is 0 Å². The maximum absolute atomic E-state index is 10.5. The normalized spacial score (nSPS) is 12.3. The SMILES string of the molecule is CC(C)(C#N)CC(C)(C)C=O. The van der Waals surface area contributed by atoms with Gasteiger partial charge in [-0.25, -0.2) is 0 Å². The molecule has 0 unspecified atom stereocenters. The number of rotatable bonds is 3. The minimum atomic E-state index is -0.398. The van der Waals surface area contributed by atoms with Crippen molar-refractivity contribution in [3.8, 4) is 6.07 Å². The van der Waals surface area contributed by atoms with Crippen molar-refractivity contribution in [2.75, 3.05) is 0 Å². The highest BCUT2D eigenvalue weighted by Gasteiger charge is 2.28. The van der Waals surface area contributed by atoms with Crippen LogP contribution in [0.5, 0.6) is 0 Å². The van der Waals surface area contributed by atoms with E-state index in [-0.39, 0.29) is 5.41 Å². The first kappa shape index (κ1) is 10.2. The van der Waals surface area contributed by atoms with Gasteiger partial charge in [0.1, 0.15) is 6.29 Å². The molecule has 0 aliphatic rings. The van der Waals surface area contributed by atoms with Crippen molar-refractivity contribution in [3.05, 3.63) is 0 Å². The van der Waals surface area contributed by atoms with Gasteiger partial charge in [-0.2, -0.15) is 5.26 Å². The average Bonchev–Trinajstić information content (AvgIpc) is 1.86. The Bertz CT molecular complexity index is 186. The van der Waals surface area contributed by atoms with Crippen LogP contribution in [0.2, 0.25) is 0 Å². The Morgan fingerprint density at radius 1 is 1.36 bits per heavy atom. The quantitative estimate of drug-likeness (QED) is 0.583. The first-order chi connectivity index (χ1) is 4.83. The standard InChI is InChI=1S/C9H15NO/c1-8(2,6-10)5-9(3,4)7-11/h7H,5H2,1-4H3. The fourth-order valence-electron chi connectivity index (χ4n) is 1.22. The van der Waals surface area contributed by atoms with Gasteiger partial charge < -0.3 is 4.79 Å².